The standard InChI is InChI=1S/C11H12ClNS/c1-3-10(13-2)8-14-11-6-4-5-9(12)7-11/h1,4-7,10,13H,8H2,2H3. The van der Waals surface area contributed by atoms with Gasteiger partial charge in [-0.2, -0.15) is 0 Å². The van der Waals surface area contributed by atoms with Crippen LogP contribution in [0.1, 0.15) is 0 Å². The summed E-state index contributed by atoms with van der Waals surface area (Å²) in [6.07, 6.45) is 5.33. The van der Waals surface area contributed by atoms with E-state index in [9.17, 15) is 0 Å². The Balaban J connectivity index is 2.50. The van der Waals surface area contributed by atoms with Crippen LogP contribution in [0.3, 0.4) is 0 Å². The van der Waals surface area contributed by atoms with Crippen LogP contribution in [0.25, 0.3) is 0 Å². The summed E-state index contributed by atoms with van der Waals surface area (Å²) in [6, 6.07) is 7.88. The Kier molecular flexibility index (Phi) is 4.89. The number of hydrogen-bond donors (Lipinski definition) is 1. The summed E-state index contributed by atoms with van der Waals surface area (Å²) in [7, 11) is 1.86. The highest BCUT2D eigenvalue weighted by atomic mass is 35.5. The van der Waals surface area contributed by atoms with Crippen LogP contribution in [0.15, 0.2) is 29.2 Å². The summed E-state index contributed by atoms with van der Waals surface area (Å²) in [4.78, 5) is 1.15. The lowest BCUT2D eigenvalue weighted by Gasteiger charge is -2.08. The first-order chi connectivity index (χ1) is 6.76. The monoisotopic (exact) mass is 225 g/mol. The van der Waals surface area contributed by atoms with Crippen LogP contribution in [-0.4, -0.2) is 18.8 Å². The van der Waals surface area contributed by atoms with Crippen molar-refractivity contribution in [3.63, 3.8) is 0 Å². The van der Waals surface area contributed by atoms with Crippen molar-refractivity contribution in [3.05, 3.63) is 29.3 Å². The van der Waals surface area contributed by atoms with E-state index in [0.29, 0.717) is 0 Å². The Morgan fingerprint density at radius 1 is 1.64 bits per heavy atom. The van der Waals surface area contributed by atoms with Crippen molar-refractivity contribution in [1.29, 1.82) is 0 Å². The molecular formula is C11H12ClNS. The molecule has 0 aliphatic heterocycles. The average Bonchev–Trinajstić information content (AvgIpc) is 2.19. The molecule has 0 radical (unpaired) electrons. The molecule has 0 aromatic heterocycles. The molecule has 0 fully saturated rings. The molecule has 0 saturated heterocycles. The van der Waals surface area contributed by atoms with Gasteiger partial charge < -0.3 is 5.32 Å². The van der Waals surface area contributed by atoms with Gasteiger partial charge in [0.25, 0.3) is 0 Å². The fourth-order valence-corrected chi connectivity index (χ4v) is 2.21. The van der Waals surface area contributed by atoms with E-state index in [2.05, 4.69) is 11.2 Å². The zero-order valence-corrected chi connectivity index (χ0v) is 9.53. The second kappa shape index (κ2) is 5.98. The molecule has 0 heterocycles. The Morgan fingerprint density at radius 2 is 2.43 bits per heavy atom. The lowest BCUT2D eigenvalue weighted by Crippen LogP contribution is -2.25. The zero-order valence-electron chi connectivity index (χ0n) is 7.96. The molecule has 1 nitrogen and oxygen atoms in total. The van der Waals surface area contributed by atoms with Gasteiger partial charge in [-0.05, 0) is 25.2 Å². The molecule has 0 spiro atoms. The maximum absolute atomic E-state index is 5.86. The number of nitrogens with one attached hydrogen (secondary N) is 1. The maximum atomic E-state index is 5.86. The topological polar surface area (TPSA) is 12.0 Å². The summed E-state index contributed by atoms with van der Waals surface area (Å²) in [5, 5.41) is 3.81. The Labute approximate surface area is 94.2 Å². The van der Waals surface area contributed by atoms with Crippen molar-refractivity contribution in [3.8, 4) is 12.3 Å². The van der Waals surface area contributed by atoms with Crippen LogP contribution < -0.4 is 5.32 Å². The third kappa shape index (κ3) is 3.63. The number of halogens is 1. The van der Waals surface area contributed by atoms with Gasteiger partial charge in [-0.3, -0.25) is 0 Å². The molecule has 3 heteroatoms. The quantitative estimate of drug-likeness (QED) is 0.625. The fourth-order valence-electron chi connectivity index (χ4n) is 0.951. The number of benzene rings is 1. The van der Waals surface area contributed by atoms with E-state index in [1.807, 2.05) is 31.3 Å². The first kappa shape index (κ1) is 11.5. The highest BCUT2D eigenvalue weighted by Crippen LogP contribution is 2.21. The Morgan fingerprint density at radius 3 is 3.00 bits per heavy atom. The minimum atomic E-state index is 0.110. The van der Waals surface area contributed by atoms with Crippen molar-refractivity contribution in [1.82, 2.24) is 5.32 Å². The van der Waals surface area contributed by atoms with Gasteiger partial charge in [0.1, 0.15) is 0 Å². The van der Waals surface area contributed by atoms with Gasteiger partial charge in [-0.1, -0.05) is 23.6 Å². The third-order valence-electron chi connectivity index (χ3n) is 1.76. The molecule has 74 valence electrons. The Hall–Kier alpha value is -0.620. The number of thioether (sulfide) groups is 1. The summed E-state index contributed by atoms with van der Waals surface area (Å²) in [5.74, 6) is 3.53. The first-order valence-electron chi connectivity index (χ1n) is 4.28. The molecule has 1 unspecified atom stereocenters. The zero-order chi connectivity index (χ0) is 10.4. The minimum Gasteiger partial charge on any atom is -0.306 e. The normalized spacial score (nSPS) is 12.1. The molecule has 1 atom stereocenters. The highest BCUT2D eigenvalue weighted by molar-refractivity contribution is 7.99. The van der Waals surface area contributed by atoms with E-state index in [1.54, 1.807) is 11.8 Å². The fraction of sp³-hybridized carbons (Fsp3) is 0.273. The molecular weight excluding hydrogens is 214 g/mol. The molecule has 0 amide bonds. The molecule has 14 heavy (non-hydrogen) atoms. The van der Waals surface area contributed by atoms with E-state index in [4.69, 9.17) is 18.0 Å². The van der Waals surface area contributed by atoms with Gasteiger partial charge in [0.05, 0.1) is 6.04 Å². The van der Waals surface area contributed by atoms with Crippen molar-refractivity contribution in [2.45, 2.75) is 10.9 Å². The van der Waals surface area contributed by atoms with Crippen LogP contribution in [0.4, 0.5) is 0 Å². The van der Waals surface area contributed by atoms with E-state index in [0.717, 1.165) is 15.7 Å². The van der Waals surface area contributed by atoms with Gasteiger partial charge >= 0.3 is 0 Å². The molecule has 0 saturated carbocycles. The number of rotatable bonds is 4. The largest absolute Gasteiger partial charge is 0.306 e. The summed E-state index contributed by atoms with van der Waals surface area (Å²) in [6.45, 7) is 0. The van der Waals surface area contributed by atoms with Gasteiger partial charge in [0, 0.05) is 15.7 Å². The summed E-state index contributed by atoms with van der Waals surface area (Å²) in [5.41, 5.74) is 0. The third-order valence-corrected chi connectivity index (χ3v) is 3.08. The van der Waals surface area contributed by atoms with Crippen molar-refractivity contribution in [2.75, 3.05) is 12.8 Å². The molecule has 0 bridgehead atoms. The predicted molar refractivity (Wildman–Crippen MR) is 63.9 cm³/mol. The summed E-state index contributed by atoms with van der Waals surface area (Å²) < 4.78 is 0. The maximum Gasteiger partial charge on any atom is 0.0779 e. The van der Waals surface area contributed by atoms with Gasteiger partial charge in [0.2, 0.25) is 0 Å². The molecule has 1 N–H and O–H groups in total. The average molecular weight is 226 g/mol. The lowest BCUT2D eigenvalue weighted by molar-refractivity contribution is 0.759. The molecule has 1 aromatic rings. The smallest absolute Gasteiger partial charge is 0.0779 e. The SMILES string of the molecule is C#CC(CSc1cccc(Cl)c1)NC. The minimum absolute atomic E-state index is 0.110. The van der Waals surface area contributed by atoms with Crippen LogP contribution >= 0.6 is 23.4 Å². The summed E-state index contributed by atoms with van der Waals surface area (Å²) >= 11 is 7.56. The van der Waals surface area contributed by atoms with Gasteiger partial charge in [0.15, 0.2) is 0 Å². The van der Waals surface area contributed by atoms with E-state index in [-0.39, 0.29) is 6.04 Å². The number of terminal acetylenes is 1. The molecule has 0 aliphatic rings. The predicted octanol–water partition coefficient (Wildman–Crippen LogP) is 2.65. The molecule has 1 rings (SSSR count). The first-order valence-corrected chi connectivity index (χ1v) is 5.64. The highest BCUT2D eigenvalue weighted by Gasteiger charge is 2.02. The lowest BCUT2D eigenvalue weighted by atomic mass is 10.4. The molecule has 0 aliphatic carbocycles. The van der Waals surface area contributed by atoms with E-state index < -0.39 is 0 Å². The Bertz CT molecular complexity index is 332. The van der Waals surface area contributed by atoms with Crippen LogP contribution in [0.2, 0.25) is 5.02 Å². The number of hydrogen-bond acceptors (Lipinski definition) is 2. The van der Waals surface area contributed by atoms with Crippen molar-refractivity contribution >= 4 is 23.4 Å². The second-order valence-electron chi connectivity index (χ2n) is 2.78. The van der Waals surface area contributed by atoms with E-state index in [1.165, 1.54) is 0 Å². The van der Waals surface area contributed by atoms with Crippen molar-refractivity contribution < 1.29 is 0 Å². The molecule has 1 aromatic carbocycles. The van der Waals surface area contributed by atoms with Gasteiger partial charge in [-0.15, -0.1) is 18.2 Å². The van der Waals surface area contributed by atoms with Gasteiger partial charge in [-0.25, -0.2) is 0 Å². The van der Waals surface area contributed by atoms with Crippen molar-refractivity contribution in [2.24, 2.45) is 0 Å². The van der Waals surface area contributed by atoms with Crippen LogP contribution in [0.5, 0.6) is 0 Å². The van der Waals surface area contributed by atoms with E-state index >= 15 is 0 Å². The van der Waals surface area contributed by atoms with Crippen LogP contribution in [0, 0.1) is 12.3 Å². The second-order valence-corrected chi connectivity index (χ2v) is 4.31. The van der Waals surface area contributed by atoms with Crippen LogP contribution in [-0.2, 0) is 0 Å².